The minimum absolute atomic E-state index is 0.0129. The first-order valence-corrected chi connectivity index (χ1v) is 20.5. The Labute approximate surface area is 324 Å². The van der Waals surface area contributed by atoms with Crippen molar-refractivity contribution in [2.45, 2.75) is 144 Å². The Bertz CT molecular complexity index is 1700. The Hall–Kier alpha value is -3.10. The Morgan fingerprint density at radius 2 is 1.54 bits per heavy atom. The quantitative estimate of drug-likeness (QED) is 0.124. The molecule has 5 aliphatic carbocycles. The molecule has 0 aromatic heterocycles. The molecule has 0 heterocycles. The van der Waals surface area contributed by atoms with Crippen molar-refractivity contribution < 1.29 is 34.1 Å². The third-order valence-corrected chi connectivity index (χ3v) is 17.1. The van der Waals surface area contributed by atoms with E-state index in [0.29, 0.717) is 24.8 Å². The van der Waals surface area contributed by atoms with Crippen LogP contribution in [-0.2, 0) is 25.5 Å². The van der Waals surface area contributed by atoms with Gasteiger partial charge in [-0.2, -0.15) is 0 Å². The van der Waals surface area contributed by atoms with Gasteiger partial charge in [-0.25, -0.2) is 4.79 Å². The molecular weight excluding hydrogens is 677 g/mol. The summed E-state index contributed by atoms with van der Waals surface area (Å²) in [7, 11) is 8.03. The number of carboxylic acid groups (broad SMARTS) is 2. The van der Waals surface area contributed by atoms with Gasteiger partial charge in [0.1, 0.15) is 6.10 Å². The third kappa shape index (κ3) is 5.99. The number of aromatic carboxylic acids is 1. The average Bonchev–Trinajstić information content (AvgIpc) is 3.50. The number of carboxylic acids is 2. The monoisotopic (exact) mass is 741 g/mol. The number of amides is 1. The number of benzene rings is 1. The van der Waals surface area contributed by atoms with E-state index in [9.17, 15) is 29.4 Å². The van der Waals surface area contributed by atoms with Gasteiger partial charge < -0.3 is 20.3 Å². The van der Waals surface area contributed by atoms with E-state index in [1.54, 1.807) is 26.0 Å². The molecule has 0 saturated heterocycles. The molecule has 54 heavy (non-hydrogen) atoms. The molecule has 1 aromatic rings. The molecule has 5 fully saturated rings. The second-order valence-corrected chi connectivity index (χ2v) is 20.3. The van der Waals surface area contributed by atoms with Gasteiger partial charge in [0.25, 0.3) is 0 Å². The summed E-state index contributed by atoms with van der Waals surface area (Å²) in [5.74, 6) is -1.37. The van der Waals surface area contributed by atoms with Crippen molar-refractivity contribution in [1.82, 2.24) is 5.32 Å². The smallest absolute Gasteiger partial charge is 0.335 e. The lowest BCUT2D eigenvalue weighted by molar-refractivity contribution is -0.244. The maximum Gasteiger partial charge on any atom is 0.335 e. The third-order valence-electron chi connectivity index (χ3n) is 17.1. The minimum Gasteiger partial charge on any atom is -0.481 e. The van der Waals surface area contributed by atoms with Crippen LogP contribution in [0.1, 0.15) is 142 Å². The number of rotatable bonds is 10. The van der Waals surface area contributed by atoms with E-state index in [1.165, 1.54) is 0 Å². The molecule has 0 aliphatic heterocycles. The Morgan fingerprint density at radius 3 is 2.15 bits per heavy atom. The molecule has 5 aliphatic rings. The van der Waals surface area contributed by atoms with Crippen LogP contribution in [0.15, 0.2) is 36.4 Å². The van der Waals surface area contributed by atoms with Crippen LogP contribution in [-0.4, -0.2) is 54.5 Å². The van der Waals surface area contributed by atoms with Crippen molar-refractivity contribution in [3.8, 4) is 0 Å². The van der Waals surface area contributed by atoms with Crippen molar-refractivity contribution in [2.24, 2.45) is 56.2 Å². The van der Waals surface area contributed by atoms with Crippen LogP contribution in [0.3, 0.4) is 0 Å². The van der Waals surface area contributed by atoms with Crippen molar-refractivity contribution >= 4 is 31.7 Å². The summed E-state index contributed by atoms with van der Waals surface area (Å²) >= 11 is 0. The number of hydrogen-bond acceptors (Lipinski definition) is 5. The summed E-state index contributed by atoms with van der Waals surface area (Å²) in [6.45, 7) is 22.2. The first kappa shape index (κ1) is 40.6. The zero-order valence-electron chi connectivity index (χ0n) is 34.1. The molecule has 0 spiro atoms. The number of nitrogens with one attached hydrogen (secondary N) is 1. The molecular formula is C45H64BNO7. The molecule has 8 unspecified atom stereocenters. The van der Waals surface area contributed by atoms with Gasteiger partial charge in [0.2, 0.25) is 5.91 Å². The molecule has 9 heteroatoms. The SMILES string of the molecule is [B]C12CCC3C4(C)CCC(OC(=O)CC(C)(C)C(=O)O)C(C)(C)C4CCC3(C)[C@]1(C)CCC1(C(=O)NCCc3ccc(C(=O)O)cc3)CC[C@@H](C(=C)C)C12. The van der Waals surface area contributed by atoms with Crippen molar-refractivity contribution in [3.63, 3.8) is 0 Å². The Morgan fingerprint density at radius 1 is 0.889 bits per heavy atom. The predicted octanol–water partition coefficient (Wildman–Crippen LogP) is 8.82. The van der Waals surface area contributed by atoms with Crippen LogP contribution >= 0.6 is 0 Å². The van der Waals surface area contributed by atoms with E-state index < -0.39 is 34.1 Å². The summed E-state index contributed by atoms with van der Waals surface area (Å²) in [5.41, 5.74) is 0.102. The average molecular weight is 742 g/mol. The first-order valence-electron chi connectivity index (χ1n) is 20.5. The highest BCUT2D eigenvalue weighted by Crippen LogP contribution is 2.83. The Balaban J connectivity index is 1.24. The van der Waals surface area contributed by atoms with Crippen LogP contribution in [0.25, 0.3) is 0 Å². The van der Waals surface area contributed by atoms with Crippen molar-refractivity contribution in [1.29, 1.82) is 0 Å². The highest BCUT2D eigenvalue weighted by molar-refractivity contribution is 6.17. The maximum absolute atomic E-state index is 14.6. The van der Waals surface area contributed by atoms with E-state index in [4.69, 9.17) is 12.6 Å². The summed E-state index contributed by atoms with van der Waals surface area (Å²) in [4.78, 5) is 50.7. The number of carbonyl (C=O) groups excluding carboxylic acids is 2. The normalized spacial score (nSPS) is 39.5. The van der Waals surface area contributed by atoms with Crippen molar-refractivity contribution in [3.05, 3.63) is 47.5 Å². The molecule has 3 N–H and O–H groups in total. The van der Waals surface area contributed by atoms with Crippen LogP contribution in [0.5, 0.6) is 0 Å². The van der Waals surface area contributed by atoms with E-state index in [2.05, 4.69) is 53.4 Å². The van der Waals surface area contributed by atoms with Gasteiger partial charge in [-0.05, 0) is 143 Å². The highest BCUT2D eigenvalue weighted by atomic mass is 16.5. The zero-order valence-corrected chi connectivity index (χ0v) is 34.1. The molecule has 1 amide bonds. The molecule has 0 bridgehead atoms. The van der Waals surface area contributed by atoms with E-state index in [0.717, 1.165) is 75.3 Å². The van der Waals surface area contributed by atoms with Crippen molar-refractivity contribution in [2.75, 3.05) is 6.54 Å². The molecule has 10 atom stereocenters. The number of allylic oxidation sites excluding steroid dienone is 1. The number of aliphatic carboxylic acids is 1. The number of ether oxygens (including phenoxy) is 1. The van der Waals surface area contributed by atoms with E-state index in [1.807, 2.05) is 12.1 Å². The van der Waals surface area contributed by atoms with E-state index >= 15 is 0 Å². The number of hydrogen-bond donors (Lipinski definition) is 3. The van der Waals surface area contributed by atoms with Crippen LogP contribution in [0, 0.1) is 56.2 Å². The lowest BCUT2D eigenvalue weighted by Gasteiger charge is -2.76. The number of esters is 1. The predicted molar refractivity (Wildman–Crippen MR) is 210 cm³/mol. The summed E-state index contributed by atoms with van der Waals surface area (Å²) in [6.07, 6.45) is 9.19. The van der Waals surface area contributed by atoms with Crippen LogP contribution in [0.2, 0.25) is 5.31 Å². The lowest BCUT2D eigenvalue weighted by Crippen LogP contribution is -2.69. The maximum atomic E-state index is 14.6. The minimum atomic E-state index is -1.18. The van der Waals surface area contributed by atoms with Gasteiger partial charge in [0.15, 0.2) is 0 Å². The van der Waals surface area contributed by atoms with E-state index in [-0.39, 0.29) is 57.5 Å². The second kappa shape index (κ2) is 13.5. The first-order chi connectivity index (χ1) is 25.0. The lowest BCUT2D eigenvalue weighted by atomic mass is 9.25. The summed E-state index contributed by atoms with van der Waals surface area (Å²) in [6, 6.07) is 6.87. The number of carbonyl (C=O) groups is 4. The van der Waals surface area contributed by atoms with Gasteiger partial charge >= 0.3 is 17.9 Å². The van der Waals surface area contributed by atoms with Crippen LogP contribution in [0.4, 0.5) is 0 Å². The van der Waals surface area contributed by atoms with Gasteiger partial charge in [0.05, 0.1) is 30.7 Å². The van der Waals surface area contributed by atoms with Gasteiger partial charge in [-0.3, -0.25) is 14.4 Å². The molecule has 8 nitrogen and oxygen atoms in total. The van der Waals surface area contributed by atoms with Gasteiger partial charge in [-0.1, -0.05) is 70.6 Å². The number of fused-ring (bicyclic) bond motifs is 7. The summed E-state index contributed by atoms with van der Waals surface area (Å²) in [5, 5.41) is 21.7. The molecule has 2 radical (unpaired) electrons. The largest absolute Gasteiger partial charge is 0.481 e. The molecule has 294 valence electrons. The fourth-order valence-electron chi connectivity index (χ4n) is 13.8. The second-order valence-electron chi connectivity index (χ2n) is 20.3. The topological polar surface area (TPSA) is 130 Å². The standard InChI is InChI=1S/C45H64BNO7/c1-27(2)30-14-21-44(37(51)47-25-18-28-10-12-29(13-11-28)36(49)50)24-23-43(9)42(8)20-15-31-40(5,6)33(54-34(48)26-39(3,4)38(52)53)17-19-41(31,7)32(42)16-22-45(43,46)35(30)44/h10-13,30-33,35H,1,14-26H2,2-9H3,(H,47,51)(H,49,50)(H,52,53)/t30-,31?,32?,33?,35?,41?,42?,43-,44?,45?/m0/s1. The zero-order chi connectivity index (χ0) is 39.9. The fraction of sp³-hybridized carbons (Fsp3) is 0.733. The molecule has 6 rings (SSSR count). The summed E-state index contributed by atoms with van der Waals surface area (Å²) < 4.78 is 6.16. The van der Waals surface area contributed by atoms with Gasteiger partial charge in [-0.15, -0.1) is 0 Å². The van der Waals surface area contributed by atoms with Gasteiger partial charge in [0, 0.05) is 12.0 Å². The molecule has 5 saturated carbocycles. The van der Waals surface area contributed by atoms with Crippen LogP contribution < -0.4 is 5.32 Å². The Kier molecular flexibility index (Phi) is 10.2. The molecule has 1 aromatic carbocycles. The highest BCUT2D eigenvalue weighted by Gasteiger charge is 2.75. The fourth-order valence-corrected chi connectivity index (χ4v) is 13.8.